The number of nitro benzene ring substituents is 1. The van der Waals surface area contributed by atoms with Crippen LogP contribution in [0.5, 0.6) is 0 Å². The van der Waals surface area contributed by atoms with Crippen LogP contribution in [0, 0.1) is 10.1 Å². The number of nitrogens with zero attached hydrogens (tertiary/aromatic N) is 1. The van der Waals surface area contributed by atoms with E-state index in [1.807, 2.05) is 19.9 Å². The third-order valence-electron chi connectivity index (χ3n) is 3.37. The standard InChI is InChI=1S/C14H21N3O3/c1-3-15-12-7-13(9-14(8-12)17(18)19)16-11-4-5-20-10(2)6-11/h7-11,15-16H,3-6H2,1-2H3. The van der Waals surface area contributed by atoms with Crippen molar-refractivity contribution in [3.05, 3.63) is 28.3 Å². The molecule has 20 heavy (non-hydrogen) atoms. The van der Waals surface area contributed by atoms with Gasteiger partial charge in [-0.1, -0.05) is 0 Å². The summed E-state index contributed by atoms with van der Waals surface area (Å²) in [5.74, 6) is 0. The maximum atomic E-state index is 11.0. The van der Waals surface area contributed by atoms with E-state index in [0.29, 0.717) is 6.04 Å². The van der Waals surface area contributed by atoms with Crippen LogP contribution in [0.15, 0.2) is 18.2 Å². The lowest BCUT2D eigenvalue weighted by Gasteiger charge is -2.28. The molecular weight excluding hydrogens is 258 g/mol. The van der Waals surface area contributed by atoms with Gasteiger partial charge >= 0.3 is 0 Å². The van der Waals surface area contributed by atoms with Gasteiger partial charge in [-0.15, -0.1) is 0 Å². The molecule has 2 N–H and O–H groups in total. The van der Waals surface area contributed by atoms with E-state index < -0.39 is 0 Å². The monoisotopic (exact) mass is 279 g/mol. The third-order valence-corrected chi connectivity index (χ3v) is 3.37. The summed E-state index contributed by atoms with van der Waals surface area (Å²) in [7, 11) is 0. The number of rotatable bonds is 5. The Morgan fingerprint density at radius 3 is 2.80 bits per heavy atom. The molecule has 2 rings (SSSR count). The molecule has 0 spiro atoms. The molecule has 1 aromatic carbocycles. The van der Waals surface area contributed by atoms with Crippen molar-refractivity contribution in [1.82, 2.24) is 0 Å². The van der Waals surface area contributed by atoms with Gasteiger partial charge in [0.15, 0.2) is 0 Å². The fraction of sp³-hybridized carbons (Fsp3) is 0.571. The summed E-state index contributed by atoms with van der Waals surface area (Å²) < 4.78 is 5.51. The van der Waals surface area contributed by atoms with Crippen molar-refractivity contribution < 1.29 is 9.66 Å². The summed E-state index contributed by atoms with van der Waals surface area (Å²) in [6, 6.07) is 5.36. The molecule has 1 aliphatic rings. The molecular formula is C14H21N3O3. The molecule has 0 saturated carbocycles. The van der Waals surface area contributed by atoms with Crippen molar-refractivity contribution in [3.8, 4) is 0 Å². The van der Waals surface area contributed by atoms with Crippen LogP contribution in [-0.4, -0.2) is 30.2 Å². The van der Waals surface area contributed by atoms with E-state index in [9.17, 15) is 10.1 Å². The highest BCUT2D eigenvalue weighted by atomic mass is 16.6. The van der Waals surface area contributed by atoms with Crippen LogP contribution in [0.3, 0.4) is 0 Å². The Balaban J connectivity index is 2.14. The molecule has 0 radical (unpaired) electrons. The lowest BCUT2D eigenvalue weighted by molar-refractivity contribution is -0.384. The van der Waals surface area contributed by atoms with Crippen LogP contribution in [-0.2, 0) is 4.74 Å². The minimum absolute atomic E-state index is 0.103. The second-order valence-electron chi connectivity index (χ2n) is 5.10. The average molecular weight is 279 g/mol. The van der Waals surface area contributed by atoms with E-state index in [-0.39, 0.29) is 16.7 Å². The summed E-state index contributed by atoms with van der Waals surface area (Å²) >= 11 is 0. The number of nitrogens with one attached hydrogen (secondary N) is 2. The molecule has 6 heteroatoms. The third kappa shape index (κ3) is 3.84. The van der Waals surface area contributed by atoms with Crippen LogP contribution >= 0.6 is 0 Å². The van der Waals surface area contributed by atoms with Gasteiger partial charge in [-0.05, 0) is 32.8 Å². The van der Waals surface area contributed by atoms with Gasteiger partial charge in [0.25, 0.3) is 5.69 Å². The van der Waals surface area contributed by atoms with E-state index in [4.69, 9.17) is 4.74 Å². The molecule has 1 saturated heterocycles. The SMILES string of the molecule is CCNc1cc(NC2CCOC(C)C2)cc([N+](=O)[O-])c1. The molecule has 6 nitrogen and oxygen atoms in total. The Morgan fingerprint density at radius 2 is 2.15 bits per heavy atom. The highest BCUT2D eigenvalue weighted by Crippen LogP contribution is 2.26. The molecule has 0 aliphatic carbocycles. The smallest absolute Gasteiger partial charge is 0.273 e. The predicted molar refractivity (Wildman–Crippen MR) is 79.3 cm³/mol. The minimum atomic E-state index is -0.362. The fourth-order valence-electron chi connectivity index (χ4n) is 2.47. The van der Waals surface area contributed by atoms with E-state index >= 15 is 0 Å². The zero-order valence-corrected chi connectivity index (χ0v) is 11.9. The summed E-state index contributed by atoms with van der Waals surface area (Å²) in [5.41, 5.74) is 1.66. The number of hydrogen-bond acceptors (Lipinski definition) is 5. The Hall–Kier alpha value is -1.82. The minimum Gasteiger partial charge on any atom is -0.385 e. The highest BCUT2D eigenvalue weighted by Gasteiger charge is 2.20. The van der Waals surface area contributed by atoms with Crippen molar-refractivity contribution in [3.63, 3.8) is 0 Å². The van der Waals surface area contributed by atoms with Crippen molar-refractivity contribution >= 4 is 17.1 Å². The number of ether oxygens (including phenoxy) is 1. The summed E-state index contributed by atoms with van der Waals surface area (Å²) in [4.78, 5) is 10.6. The van der Waals surface area contributed by atoms with Crippen molar-refractivity contribution in [2.45, 2.75) is 38.8 Å². The second-order valence-corrected chi connectivity index (χ2v) is 5.10. The predicted octanol–water partition coefficient (Wildman–Crippen LogP) is 3.01. The Morgan fingerprint density at radius 1 is 1.40 bits per heavy atom. The summed E-state index contributed by atoms with van der Waals surface area (Å²) in [6.07, 6.45) is 2.07. The molecule has 0 aromatic heterocycles. The number of anilines is 2. The molecule has 0 bridgehead atoms. The molecule has 1 heterocycles. The van der Waals surface area contributed by atoms with Crippen molar-refractivity contribution in [2.75, 3.05) is 23.8 Å². The topological polar surface area (TPSA) is 76.4 Å². The number of non-ortho nitro benzene ring substituents is 1. The van der Waals surface area contributed by atoms with Gasteiger partial charge < -0.3 is 15.4 Å². The zero-order chi connectivity index (χ0) is 14.5. The van der Waals surface area contributed by atoms with Gasteiger partial charge in [-0.25, -0.2) is 0 Å². The van der Waals surface area contributed by atoms with Gasteiger partial charge in [0.2, 0.25) is 0 Å². The first-order valence-corrected chi connectivity index (χ1v) is 7.00. The molecule has 1 fully saturated rings. The molecule has 0 amide bonds. The number of benzene rings is 1. The Kier molecular flexibility index (Phi) is 4.79. The van der Waals surface area contributed by atoms with Crippen LogP contribution in [0.25, 0.3) is 0 Å². The first-order valence-electron chi connectivity index (χ1n) is 7.00. The van der Waals surface area contributed by atoms with Gasteiger partial charge in [-0.3, -0.25) is 10.1 Å². The zero-order valence-electron chi connectivity index (χ0n) is 11.9. The Labute approximate surface area is 118 Å². The lowest BCUT2D eigenvalue weighted by Crippen LogP contribution is -2.32. The Bertz CT molecular complexity index is 479. The van der Waals surface area contributed by atoms with E-state index in [2.05, 4.69) is 10.6 Å². The first-order chi connectivity index (χ1) is 9.58. The molecule has 2 unspecified atom stereocenters. The van der Waals surface area contributed by atoms with Crippen LogP contribution in [0.2, 0.25) is 0 Å². The quantitative estimate of drug-likeness (QED) is 0.640. The largest absolute Gasteiger partial charge is 0.385 e. The van der Waals surface area contributed by atoms with Crippen molar-refractivity contribution in [1.29, 1.82) is 0 Å². The highest BCUT2D eigenvalue weighted by molar-refractivity contribution is 5.63. The van der Waals surface area contributed by atoms with Crippen LogP contribution in [0.4, 0.5) is 17.1 Å². The molecule has 1 aromatic rings. The van der Waals surface area contributed by atoms with E-state index in [1.165, 1.54) is 0 Å². The van der Waals surface area contributed by atoms with Crippen molar-refractivity contribution in [2.24, 2.45) is 0 Å². The maximum absolute atomic E-state index is 11.0. The van der Waals surface area contributed by atoms with Crippen LogP contribution < -0.4 is 10.6 Å². The van der Waals surface area contributed by atoms with Gasteiger partial charge in [0, 0.05) is 42.7 Å². The molecule has 2 atom stereocenters. The van der Waals surface area contributed by atoms with Crippen LogP contribution in [0.1, 0.15) is 26.7 Å². The summed E-state index contributed by atoms with van der Waals surface area (Å²) in [5, 5.41) is 17.5. The number of hydrogen-bond donors (Lipinski definition) is 2. The van der Waals surface area contributed by atoms with Gasteiger partial charge in [-0.2, -0.15) is 0 Å². The maximum Gasteiger partial charge on any atom is 0.273 e. The number of nitro groups is 1. The average Bonchev–Trinajstić information content (AvgIpc) is 2.38. The second kappa shape index (κ2) is 6.56. The van der Waals surface area contributed by atoms with Gasteiger partial charge in [0.1, 0.15) is 0 Å². The van der Waals surface area contributed by atoms with E-state index in [1.54, 1.807) is 12.1 Å². The fourth-order valence-corrected chi connectivity index (χ4v) is 2.47. The van der Waals surface area contributed by atoms with E-state index in [0.717, 1.165) is 37.4 Å². The molecule has 110 valence electrons. The lowest BCUT2D eigenvalue weighted by atomic mass is 10.0. The van der Waals surface area contributed by atoms with Gasteiger partial charge in [0.05, 0.1) is 11.0 Å². The summed E-state index contributed by atoms with van der Waals surface area (Å²) in [6.45, 7) is 5.47. The first kappa shape index (κ1) is 14.6. The molecule has 1 aliphatic heterocycles. The normalized spacial score (nSPS) is 22.3.